The standard InChI is InChI=1S/C9H14F3N5S/c1-18-8-15-6(5-7(16-8)17-13)14-4-2-3-9(10,11)12/h5H,2-4,13H2,1H3,(H2,14,15,16,17). The number of nitrogens with zero attached hydrogens (tertiary/aromatic N) is 2. The molecule has 18 heavy (non-hydrogen) atoms. The lowest BCUT2D eigenvalue weighted by Crippen LogP contribution is -2.13. The van der Waals surface area contributed by atoms with Gasteiger partial charge in [0.15, 0.2) is 5.16 Å². The fourth-order valence-electron chi connectivity index (χ4n) is 1.19. The van der Waals surface area contributed by atoms with Gasteiger partial charge >= 0.3 is 6.18 Å². The van der Waals surface area contributed by atoms with Crippen LogP contribution in [0, 0.1) is 0 Å². The summed E-state index contributed by atoms with van der Waals surface area (Å²) < 4.78 is 35.8. The van der Waals surface area contributed by atoms with Gasteiger partial charge in [0.1, 0.15) is 11.6 Å². The molecule has 0 radical (unpaired) electrons. The number of hydrogen-bond acceptors (Lipinski definition) is 6. The number of hydrazine groups is 1. The van der Waals surface area contributed by atoms with Crippen LogP contribution in [0.1, 0.15) is 12.8 Å². The minimum atomic E-state index is -4.12. The average molecular weight is 281 g/mol. The van der Waals surface area contributed by atoms with Gasteiger partial charge < -0.3 is 10.7 Å². The summed E-state index contributed by atoms with van der Waals surface area (Å²) in [6, 6.07) is 1.54. The summed E-state index contributed by atoms with van der Waals surface area (Å²) in [4.78, 5) is 8.13. The van der Waals surface area contributed by atoms with Gasteiger partial charge in [-0.25, -0.2) is 15.8 Å². The third-order valence-electron chi connectivity index (χ3n) is 1.98. The predicted molar refractivity (Wildman–Crippen MR) is 65.4 cm³/mol. The zero-order valence-corrected chi connectivity index (χ0v) is 10.5. The summed E-state index contributed by atoms with van der Waals surface area (Å²) >= 11 is 1.32. The van der Waals surface area contributed by atoms with Crippen molar-refractivity contribution in [3.8, 4) is 0 Å². The normalized spacial score (nSPS) is 11.4. The molecule has 4 N–H and O–H groups in total. The molecular weight excluding hydrogens is 267 g/mol. The summed E-state index contributed by atoms with van der Waals surface area (Å²) in [7, 11) is 0. The largest absolute Gasteiger partial charge is 0.389 e. The average Bonchev–Trinajstić information content (AvgIpc) is 2.33. The van der Waals surface area contributed by atoms with Crippen LogP contribution in [0.15, 0.2) is 11.2 Å². The van der Waals surface area contributed by atoms with Gasteiger partial charge in [-0.1, -0.05) is 11.8 Å². The van der Waals surface area contributed by atoms with E-state index < -0.39 is 12.6 Å². The van der Waals surface area contributed by atoms with E-state index in [-0.39, 0.29) is 13.0 Å². The molecule has 0 spiro atoms. The Labute approximate surface area is 107 Å². The molecule has 1 rings (SSSR count). The van der Waals surface area contributed by atoms with Gasteiger partial charge in [-0.2, -0.15) is 13.2 Å². The number of nitrogen functional groups attached to an aromatic ring is 1. The molecule has 0 aliphatic rings. The second-order valence-corrected chi connectivity index (χ2v) is 4.19. The van der Waals surface area contributed by atoms with Gasteiger partial charge in [0.25, 0.3) is 0 Å². The molecule has 0 atom stereocenters. The lowest BCUT2D eigenvalue weighted by atomic mass is 10.3. The van der Waals surface area contributed by atoms with Crippen LogP contribution in [0.4, 0.5) is 24.8 Å². The Hall–Kier alpha value is -1.22. The van der Waals surface area contributed by atoms with Crippen molar-refractivity contribution in [1.29, 1.82) is 0 Å². The third-order valence-corrected chi connectivity index (χ3v) is 2.53. The fraction of sp³-hybridized carbons (Fsp3) is 0.556. The molecule has 0 unspecified atom stereocenters. The van der Waals surface area contributed by atoms with Crippen LogP contribution in [0.2, 0.25) is 0 Å². The molecule has 0 aliphatic heterocycles. The lowest BCUT2D eigenvalue weighted by molar-refractivity contribution is -0.134. The van der Waals surface area contributed by atoms with Gasteiger partial charge in [0.2, 0.25) is 0 Å². The fourth-order valence-corrected chi connectivity index (χ4v) is 1.57. The quantitative estimate of drug-likeness (QED) is 0.244. The van der Waals surface area contributed by atoms with Crippen molar-refractivity contribution in [3.63, 3.8) is 0 Å². The number of anilines is 2. The van der Waals surface area contributed by atoms with Crippen molar-refractivity contribution in [1.82, 2.24) is 9.97 Å². The van der Waals surface area contributed by atoms with Crippen LogP contribution in [0.25, 0.3) is 0 Å². The molecule has 1 aromatic rings. The Balaban J connectivity index is 2.51. The number of halogens is 3. The van der Waals surface area contributed by atoms with Crippen molar-refractivity contribution in [2.24, 2.45) is 5.84 Å². The van der Waals surface area contributed by atoms with E-state index >= 15 is 0 Å². The van der Waals surface area contributed by atoms with Gasteiger partial charge in [0, 0.05) is 19.0 Å². The molecule has 0 bridgehead atoms. The molecule has 0 fully saturated rings. The van der Waals surface area contributed by atoms with Crippen LogP contribution in [0.3, 0.4) is 0 Å². The highest BCUT2D eigenvalue weighted by atomic mass is 32.2. The van der Waals surface area contributed by atoms with E-state index in [1.807, 2.05) is 0 Å². The Morgan fingerprint density at radius 3 is 2.56 bits per heavy atom. The number of hydrogen-bond donors (Lipinski definition) is 3. The zero-order chi connectivity index (χ0) is 13.6. The predicted octanol–water partition coefficient (Wildman–Crippen LogP) is 2.24. The minimum Gasteiger partial charge on any atom is -0.370 e. The topological polar surface area (TPSA) is 75.9 Å². The van der Waals surface area contributed by atoms with E-state index in [1.165, 1.54) is 17.8 Å². The SMILES string of the molecule is CSc1nc(NN)cc(NCCCC(F)(F)F)n1. The second kappa shape index (κ2) is 6.64. The van der Waals surface area contributed by atoms with E-state index in [2.05, 4.69) is 20.7 Å². The summed E-state index contributed by atoms with van der Waals surface area (Å²) in [6.07, 6.45) is -3.15. The maximum atomic E-state index is 11.9. The van der Waals surface area contributed by atoms with Crippen LogP contribution in [-0.2, 0) is 0 Å². The van der Waals surface area contributed by atoms with Gasteiger partial charge in [-0.3, -0.25) is 0 Å². The summed E-state index contributed by atoms with van der Waals surface area (Å²) in [6.45, 7) is 0.189. The molecular formula is C9H14F3N5S. The van der Waals surface area contributed by atoms with Crippen molar-refractivity contribution < 1.29 is 13.2 Å². The van der Waals surface area contributed by atoms with Gasteiger partial charge in [0.05, 0.1) is 0 Å². The van der Waals surface area contributed by atoms with Gasteiger partial charge in [-0.15, -0.1) is 0 Å². The molecule has 0 saturated carbocycles. The lowest BCUT2D eigenvalue weighted by Gasteiger charge is -2.09. The number of rotatable bonds is 6. The first kappa shape index (κ1) is 14.8. The molecule has 0 aromatic carbocycles. The first-order valence-corrected chi connectivity index (χ1v) is 6.37. The Morgan fingerprint density at radius 2 is 2.00 bits per heavy atom. The zero-order valence-electron chi connectivity index (χ0n) is 9.71. The Kier molecular flexibility index (Phi) is 5.48. The minimum absolute atomic E-state index is 0.00646. The molecule has 0 amide bonds. The number of nitrogens with one attached hydrogen (secondary N) is 2. The molecule has 0 saturated heterocycles. The third kappa shape index (κ3) is 5.41. The maximum absolute atomic E-state index is 11.9. The van der Waals surface area contributed by atoms with E-state index in [0.29, 0.717) is 16.8 Å². The van der Waals surface area contributed by atoms with E-state index in [9.17, 15) is 13.2 Å². The van der Waals surface area contributed by atoms with Crippen LogP contribution in [-0.4, -0.2) is 28.9 Å². The molecule has 102 valence electrons. The molecule has 0 aliphatic carbocycles. The van der Waals surface area contributed by atoms with Crippen LogP contribution >= 0.6 is 11.8 Å². The number of nitrogens with two attached hydrogens (primary N) is 1. The highest BCUT2D eigenvalue weighted by Gasteiger charge is 2.25. The summed E-state index contributed by atoms with van der Waals surface area (Å²) in [5, 5.41) is 3.30. The number of thioether (sulfide) groups is 1. The van der Waals surface area contributed by atoms with Crippen molar-refractivity contribution >= 4 is 23.4 Å². The first-order chi connectivity index (χ1) is 8.44. The van der Waals surface area contributed by atoms with E-state index in [1.54, 1.807) is 6.26 Å². The highest BCUT2D eigenvalue weighted by molar-refractivity contribution is 7.98. The summed E-state index contributed by atoms with van der Waals surface area (Å²) in [5.41, 5.74) is 2.37. The Bertz CT molecular complexity index is 363. The second-order valence-electron chi connectivity index (χ2n) is 3.41. The molecule has 5 nitrogen and oxygen atoms in total. The highest BCUT2D eigenvalue weighted by Crippen LogP contribution is 2.21. The van der Waals surface area contributed by atoms with Crippen molar-refractivity contribution in [2.45, 2.75) is 24.2 Å². The number of aromatic nitrogens is 2. The molecule has 1 heterocycles. The molecule has 1 aromatic heterocycles. The monoisotopic (exact) mass is 281 g/mol. The van der Waals surface area contributed by atoms with E-state index in [0.717, 1.165) is 0 Å². The summed E-state index contributed by atoms with van der Waals surface area (Å²) in [5.74, 6) is 6.09. The maximum Gasteiger partial charge on any atom is 0.389 e. The van der Waals surface area contributed by atoms with Crippen molar-refractivity contribution in [2.75, 3.05) is 23.5 Å². The van der Waals surface area contributed by atoms with E-state index in [4.69, 9.17) is 5.84 Å². The van der Waals surface area contributed by atoms with Crippen LogP contribution < -0.4 is 16.6 Å². The number of alkyl halides is 3. The molecule has 9 heteroatoms. The smallest absolute Gasteiger partial charge is 0.370 e. The first-order valence-electron chi connectivity index (χ1n) is 5.15. The Morgan fingerprint density at radius 1 is 1.33 bits per heavy atom. The van der Waals surface area contributed by atoms with Crippen molar-refractivity contribution in [3.05, 3.63) is 6.07 Å². The van der Waals surface area contributed by atoms with Gasteiger partial charge in [-0.05, 0) is 12.7 Å². The van der Waals surface area contributed by atoms with Crippen LogP contribution in [0.5, 0.6) is 0 Å².